The van der Waals surface area contributed by atoms with E-state index >= 15 is 0 Å². The van der Waals surface area contributed by atoms with Crippen molar-refractivity contribution in [3.63, 3.8) is 0 Å². The maximum atomic E-state index is 14.6. The Morgan fingerprint density at radius 1 is 1.29 bits per heavy atom. The predicted octanol–water partition coefficient (Wildman–Crippen LogP) is 2.71. The first-order valence-electron chi connectivity index (χ1n) is 9.85. The van der Waals surface area contributed by atoms with Crippen LogP contribution in [0.15, 0.2) is 23.2 Å². The third-order valence-electron chi connectivity index (χ3n) is 5.03. The number of rotatable bonds is 6. The third-order valence-corrected chi connectivity index (χ3v) is 5.03. The van der Waals surface area contributed by atoms with Crippen LogP contribution in [0.5, 0.6) is 0 Å². The molecule has 0 aliphatic carbocycles. The lowest BCUT2D eigenvalue weighted by molar-refractivity contribution is 0.122. The van der Waals surface area contributed by atoms with Gasteiger partial charge in [-0.1, -0.05) is 6.07 Å². The SMILES string of the molecule is CCNC(=NCc1ccc(N2CCOCC2)c(F)c1)N(C)CC1CCOC1.I. The summed E-state index contributed by atoms with van der Waals surface area (Å²) in [6.45, 7) is 8.64. The molecule has 8 heteroatoms. The number of nitrogens with one attached hydrogen (secondary N) is 1. The summed E-state index contributed by atoms with van der Waals surface area (Å²) in [5.74, 6) is 1.21. The molecule has 6 nitrogen and oxygen atoms in total. The van der Waals surface area contributed by atoms with E-state index in [9.17, 15) is 4.39 Å². The zero-order valence-corrected chi connectivity index (χ0v) is 19.2. The maximum absolute atomic E-state index is 14.6. The van der Waals surface area contributed by atoms with Crippen molar-refractivity contribution in [2.45, 2.75) is 19.9 Å². The van der Waals surface area contributed by atoms with Crippen LogP contribution >= 0.6 is 24.0 Å². The molecule has 0 amide bonds. The molecule has 3 rings (SSSR count). The molecule has 0 aromatic heterocycles. The number of halogens is 2. The van der Waals surface area contributed by atoms with Gasteiger partial charge in [-0.05, 0) is 31.0 Å². The van der Waals surface area contributed by atoms with Gasteiger partial charge in [0.15, 0.2) is 5.96 Å². The summed E-state index contributed by atoms with van der Waals surface area (Å²) in [7, 11) is 2.04. The summed E-state index contributed by atoms with van der Waals surface area (Å²) >= 11 is 0. The van der Waals surface area contributed by atoms with Gasteiger partial charge in [-0.25, -0.2) is 9.38 Å². The fraction of sp³-hybridized carbons (Fsp3) is 0.650. The number of morpholine rings is 1. The molecule has 2 aliphatic rings. The van der Waals surface area contributed by atoms with E-state index in [2.05, 4.69) is 17.1 Å². The Morgan fingerprint density at radius 2 is 2.07 bits per heavy atom. The van der Waals surface area contributed by atoms with Gasteiger partial charge in [0, 0.05) is 45.8 Å². The molecule has 1 aromatic rings. The highest BCUT2D eigenvalue weighted by Crippen LogP contribution is 2.22. The highest BCUT2D eigenvalue weighted by Gasteiger charge is 2.19. The molecule has 1 atom stereocenters. The first-order valence-corrected chi connectivity index (χ1v) is 9.85. The van der Waals surface area contributed by atoms with Gasteiger partial charge in [0.05, 0.1) is 32.1 Å². The maximum Gasteiger partial charge on any atom is 0.193 e. The Balaban J connectivity index is 0.00000280. The van der Waals surface area contributed by atoms with Crippen molar-refractivity contribution in [3.05, 3.63) is 29.6 Å². The van der Waals surface area contributed by atoms with Crippen LogP contribution in [-0.2, 0) is 16.0 Å². The van der Waals surface area contributed by atoms with Crippen molar-refractivity contribution in [1.29, 1.82) is 0 Å². The normalized spacial score (nSPS) is 20.0. The van der Waals surface area contributed by atoms with E-state index in [0.29, 0.717) is 31.4 Å². The zero-order valence-electron chi connectivity index (χ0n) is 16.8. The van der Waals surface area contributed by atoms with E-state index in [1.807, 2.05) is 24.1 Å². The monoisotopic (exact) mass is 506 g/mol. The molecule has 0 spiro atoms. The van der Waals surface area contributed by atoms with Gasteiger partial charge in [-0.15, -0.1) is 24.0 Å². The second-order valence-electron chi connectivity index (χ2n) is 7.17. The van der Waals surface area contributed by atoms with Gasteiger partial charge in [0.2, 0.25) is 0 Å². The molecule has 1 unspecified atom stereocenters. The molecule has 2 heterocycles. The van der Waals surface area contributed by atoms with Crippen molar-refractivity contribution in [1.82, 2.24) is 10.2 Å². The van der Waals surface area contributed by atoms with Gasteiger partial charge >= 0.3 is 0 Å². The zero-order chi connectivity index (χ0) is 19.1. The molecule has 2 saturated heterocycles. The van der Waals surface area contributed by atoms with Gasteiger partial charge < -0.3 is 24.6 Å². The average molecular weight is 506 g/mol. The van der Waals surface area contributed by atoms with E-state index in [-0.39, 0.29) is 29.8 Å². The molecule has 0 radical (unpaired) electrons. The first-order chi connectivity index (χ1) is 13.2. The Morgan fingerprint density at radius 3 is 2.71 bits per heavy atom. The van der Waals surface area contributed by atoms with Gasteiger partial charge in [0.1, 0.15) is 5.82 Å². The van der Waals surface area contributed by atoms with Crippen molar-refractivity contribution in [2.75, 3.05) is 64.6 Å². The summed E-state index contributed by atoms with van der Waals surface area (Å²) in [6, 6.07) is 5.42. The minimum Gasteiger partial charge on any atom is -0.381 e. The molecule has 2 aliphatic heterocycles. The number of ether oxygens (including phenoxy) is 2. The molecule has 158 valence electrons. The second kappa shape index (κ2) is 11.8. The summed E-state index contributed by atoms with van der Waals surface area (Å²) in [6.07, 6.45) is 1.10. The minimum absolute atomic E-state index is 0. The first kappa shape index (κ1) is 23.2. The summed E-state index contributed by atoms with van der Waals surface area (Å²) < 4.78 is 25.4. The highest BCUT2D eigenvalue weighted by molar-refractivity contribution is 14.0. The number of guanidine groups is 1. The quantitative estimate of drug-likeness (QED) is 0.366. The number of aliphatic imine (C=N–C) groups is 1. The summed E-state index contributed by atoms with van der Waals surface area (Å²) in [4.78, 5) is 8.87. The average Bonchev–Trinajstić information content (AvgIpc) is 3.19. The van der Waals surface area contributed by atoms with Crippen LogP contribution in [-0.4, -0.2) is 70.5 Å². The van der Waals surface area contributed by atoms with Gasteiger partial charge in [-0.3, -0.25) is 0 Å². The van der Waals surface area contributed by atoms with E-state index in [1.54, 1.807) is 6.07 Å². The highest BCUT2D eigenvalue weighted by atomic mass is 127. The van der Waals surface area contributed by atoms with Crippen LogP contribution in [0, 0.1) is 11.7 Å². The van der Waals surface area contributed by atoms with Crippen LogP contribution in [0.3, 0.4) is 0 Å². The summed E-state index contributed by atoms with van der Waals surface area (Å²) in [5, 5.41) is 3.32. The standard InChI is InChI=1S/C20H31FN4O2.HI/c1-3-22-20(24(2)14-17-6-9-27-15-17)23-13-16-4-5-19(18(21)12-16)25-7-10-26-11-8-25;/h4-5,12,17H,3,6-11,13-15H2,1-2H3,(H,22,23);1H. The summed E-state index contributed by atoms with van der Waals surface area (Å²) in [5.41, 5.74) is 1.52. The van der Waals surface area contributed by atoms with Crippen LogP contribution < -0.4 is 10.2 Å². The lowest BCUT2D eigenvalue weighted by Gasteiger charge is -2.29. The van der Waals surface area contributed by atoms with E-state index in [0.717, 1.165) is 57.3 Å². The lowest BCUT2D eigenvalue weighted by Crippen LogP contribution is -2.41. The number of anilines is 1. The second-order valence-corrected chi connectivity index (χ2v) is 7.17. The van der Waals surface area contributed by atoms with Crippen LogP contribution in [0.4, 0.5) is 10.1 Å². The number of hydrogen-bond acceptors (Lipinski definition) is 4. The Hall–Kier alpha value is -1.13. The lowest BCUT2D eigenvalue weighted by atomic mass is 10.1. The minimum atomic E-state index is -0.189. The molecule has 2 fully saturated rings. The Bertz CT molecular complexity index is 635. The molecule has 0 saturated carbocycles. The topological polar surface area (TPSA) is 49.3 Å². The molecule has 28 heavy (non-hydrogen) atoms. The Kier molecular flexibility index (Phi) is 9.73. The van der Waals surface area contributed by atoms with E-state index < -0.39 is 0 Å². The molecular formula is C20H32FIN4O2. The van der Waals surface area contributed by atoms with Crippen LogP contribution in [0.1, 0.15) is 18.9 Å². The van der Waals surface area contributed by atoms with Gasteiger partial charge in [-0.2, -0.15) is 0 Å². The van der Waals surface area contributed by atoms with Gasteiger partial charge in [0.25, 0.3) is 0 Å². The molecule has 0 bridgehead atoms. The van der Waals surface area contributed by atoms with Crippen molar-refractivity contribution in [2.24, 2.45) is 10.9 Å². The number of benzene rings is 1. The predicted molar refractivity (Wildman–Crippen MR) is 121 cm³/mol. The van der Waals surface area contributed by atoms with E-state index in [4.69, 9.17) is 14.5 Å². The fourth-order valence-corrected chi connectivity index (χ4v) is 3.55. The van der Waals surface area contributed by atoms with Crippen molar-refractivity contribution in [3.8, 4) is 0 Å². The number of hydrogen-bond donors (Lipinski definition) is 1. The third kappa shape index (κ3) is 6.45. The van der Waals surface area contributed by atoms with Crippen LogP contribution in [0.2, 0.25) is 0 Å². The largest absolute Gasteiger partial charge is 0.381 e. The molecule has 1 aromatic carbocycles. The number of nitrogens with zero attached hydrogens (tertiary/aromatic N) is 3. The fourth-order valence-electron chi connectivity index (χ4n) is 3.55. The smallest absolute Gasteiger partial charge is 0.193 e. The molecule has 1 N–H and O–H groups in total. The molecular weight excluding hydrogens is 474 g/mol. The van der Waals surface area contributed by atoms with Crippen molar-refractivity contribution < 1.29 is 13.9 Å². The van der Waals surface area contributed by atoms with E-state index in [1.165, 1.54) is 0 Å². The Labute approximate surface area is 184 Å². The van der Waals surface area contributed by atoms with Crippen LogP contribution in [0.25, 0.3) is 0 Å². The van der Waals surface area contributed by atoms with Crippen molar-refractivity contribution >= 4 is 35.6 Å².